The zero-order valence-electron chi connectivity index (χ0n) is 16.3. The second-order valence-corrected chi connectivity index (χ2v) is 9.87. The Balaban J connectivity index is 1.27. The molecule has 3 amide bonds. The predicted molar refractivity (Wildman–Crippen MR) is 100 cm³/mol. The lowest BCUT2D eigenvalue weighted by Crippen LogP contribution is -2.96. The third-order valence-electron chi connectivity index (χ3n) is 7.53. The average Bonchev–Trinajstić information content (AvgIpc) is 2.81. The first-order chi connectivity index (χ1) is 12.5. The first kappa shape index (κ1) is 18.3. The molecule has 0 radical (unpaired) electrons. The molecule has 0 aliphatic heterocycles. The van der Waals surface area contributed by atoms with Gasteiger partial charge in [0.2, 0.25) is 0 Å². The van der Waals surface area contributed by atoms with E-state index in [2.05, 4.69) is 16.0 Å². The van der Waals surface area contributed by atoms with Crippen molar-refractivity contribution in [1.29, 1.82) is 0 Å². The lowest BCUT2D eigenvalue weighted by molar-refractivity contribution is -0.707. The van der Waals surface area contributed by atoms with E-state index in [4.69, 9.17) is 0 Å². The molecule has 5 fully saturated rings. The number of hydrogen-bond donors (Lipinski definition) is 3. The van der Waals surface area contributed by atoms with Gasteiger partial charge in [-0.2, -0.15) is 0 Å². The summed E-state index contributed by atoms with van der Waals surface area (Å²) < 4.78 is 0. The highest BCUT2D eigenvalue weighted by atomic mass is 16.2. The fourth-order valence-electron chi connectivity index (χ4n) is 6.76. The van der Waals surface area contributed by atoms with E-state index < -0.39 is 0 Å². The van der Waals surface area contributed by atoms with Gasteiger partial charge in [0.05, 0.1) is 6.04 Å². The molecule has 1 atom stereocenters. The molecule has 0 aromatic heterocycles. The zero-order chi connectivity index (χ0) is 18.1. The molecule has 0 aromatic rings. The monoisotopic (exact) mass is 362 g/mol. The topological polar surface area (TPSA) is 74.8 Å². The first-order valence-corrected chi connectivity index (χ1v) is 11.0. The van der Waals surface area contributed by atoms with Gasteiger partial charge in [-0.15, -0.1) is 0 Å². The molecule has 0 aromatic carbocycles. The maximum Gasteiger partial charge on any atom is 0.322 e. The summed E-state index contributed by atoms with van der Waals surface area (Å²) in [5, 5.41) is 8.06. The molecular formula is C21H36N3O2+. The van der Waals surface area contributed by atoms with Crippen LogP contribution < -0.4 is 16.0 Å². The summed E-state index contributed by atoms with van der Waals surface area (Å²) in [5.41, 5.74) is -0.0344. The van der Waals surface area contributed by atoms with E-state index in [9.17, 15) is 9.59 Å². The van der Waals surface area contributed by atoms with Gasteiger partial charge in [-0.05, 0) is 88.9 Å². The highest BCUT2D eigenvalue weighted by Crippen LogP contribution is 2.55. The number of hydrogen-bond acceptors (Lipinski definition) is 2. The molecule has 5 heteroatoms. The number of nitrogens with two attached hydrogens (primary N) is 1. The van der Waals surface area contributed by atoms with Crippen LogP contribution in [0.2, 0.25) is 0 Å². The van der Waals surface area contributed by atoms with Crippen LogP contribution in [0.25, 0.3) is 0 Å². The van der Waals surface area contributed by atoms with Crippen LogP contribution in [-0.2, 0) is 4.79 Å². The van der Waals surface area contributed by atoms with Crippen molar-refractivity contribution in [1.82, 2.24) is 10.6 Å². The van der Waals surface area contributed by atoms with Crippen molar-refractivity contribution in [3.63, 3.8) is 0 Å². The van der Waals surface area contributed by atoms with Crippen LogP contribution >= 0.6 is 0 Å². The van der Waals surface area contributed by atoms with Crippen molar-refractivity contribution >= 4 is 11.9 Å². The van der Waals surface area contributed by atoms with E-state index in [1.54, 1.807) is 0 Å². The Kier molecular flexibility index (Phi) is 5.27. The molecule has 0 saturated heterocycles. The van der Waals surface area contributed by atoms with Crippen LogP contribution in [0, 0.1) is 17.8 Å². The molecule has 0 unspecified atom stereocenters. The quantitative estimate of drug-likeness (QED) is 0.672. The average molecular weight is 363 g/mol. The van der Waals surface area contributed by atoms with Crippen molar-refractivity contribution in [3.8, 4) is 0 Å². The van der Waals surface area contributed by atoms with Gasteiger partial charge in [0.15, 0.2) is 6.04 Å². The van der Waals surface area contributed by atoms with Gasteiger partial charge in [0.1, 0.15) is 0 Å². The molecule has 5 saturated carbocycles. The summed E-state index contributed by atoms with van der Waals surface area (Å²) in [7, 11) is 0. The van der Waals surface area contributed by atoms with Crippen LogP contribution in [0.3, 0.4) is 0 Å². The highest BCUT2D eigenvalue weighted by Gasteiger charge is 2.51. The molecule has 5 nitrogen and oxygen atoms in total. The van der Waals surface area contributed by atoms with Gasteiger partial charge in [-0.3, -0.25) is 10.1 Å². The second kappa shape index (κ2) is 7.49. The van der Waals surface area contributed by atoms with Crippen molar-refractivity contribution in [3.05, 3.63) is 0 Å². The molecule has 0 spiro atoms. The van der Waals surface area contributed by atoms with E-state index in [0.717, 1.165) is 37.0 Å². The van der Waals surface area contributed by atoms with Crippen LogP contribution in [-0.4, -0.2) is 29.6 Å². The Morgan fingerprint density at radius 3 is 2.00 bits per heavy atom. The molecule has 0 heterocycles. The molecule has 4 N–H and O–H groups in total. The summed E-state index contributed by atoms with van der Waals surface area (Å²) in [6, 6.07) is 0.0720. The van der Waals surface area contributed by atoms with Gasteiger partial charge >= 0.3 is 6.03 Å². The number of rotatable bonds is 4. The third-order valence-corrected chi connectivity index (χ3v) is 7.53. The van der Waals surface area contributed by atoms with E-state index in [0.29, 0.717) is 6.04 Å². The van der Waals surface area contributed by atoms with Gasteiger partial charge in [-0.25, -0.2) is 4.79 Å². The van der Waals surface area contributed by atoms with Gasteiger partial charge in [0.25, 0.3) is 5.91 Å². The Morgan fingerprint density at radius 2 is 1.46 bits per heavy atom. The predicted octanol–water partition coefficient (Wildman–Crippen LogP) is 2.46. The largest absolute Gasteiger partial charge is 0.334 e. The fourth-order valence-corrected chi connectivity index (χ4v) is 6.76. The number of carbonyl (C=O) groups excluding carboxylic acids is 2. The minimum Gasteiger partial charge on any atom is -0.334 e. The number of imide groups is 1. The molecule has 4 bridgehead atoms. The first-order valence-electron chi connectivity index (χ1n) is 11.0. The van der Waals surface area contributed by atoms with Gasteiger partial charge in [0, 0.05) is 5.54 Å². The normalized spacial score (nSPS) is 37.8. The van der Waals surface area contributed by atoms with Crippen LogP contribution in [0.1, 0.15) is 84.0 Å². The summed E-state index contributed by atoms with van der Waals surface area (Å²) in [4.78, 5) is 25.0. The van der Waals surface area contributed by atoms with Crippen LogP contribution in [0.5, 0.6) is 0 Å². The Labute approximate surface area is 157 Å². The molecule has 5 aliphatic carbocycles. The van der Waals surface area contributed by atoms with Crippen molar-refractivity contribution in [2.75, 3.05) is 0 Å². The molecule has 5 rings (SSSR count). The third kappa shape index (κ3) is 4.08. The summed E-state index contributed by atoms with van der Waals surface area (Å²) in [6.07, 6.45) is 15.0. The van der Waals surface area contributed by atoms with Crippen LogP contribution in [0.4, 0.5) is 4.79 Å². The summed E-state index contributed by atoms with van der Waals surface area (Å²) >= 11 is 0. The maximum absolute atomic E-state index is 12.5. The van der Waals surface area contributed by atoms with E-state index in [-0.39, 0.29) is 23.5 Å². The second-order valence-electron chi connectivity index (χ2n) is 9.87. The maximum atomic E-state index is 12.5. The minimum absolute atomic E-state index is 0.0344. The molecule has 146 valence electrons. The molecule has 5 aliphatic rings. The van der Waals surface area contributed by atoms with Crippen molar-refractivity contribution in [2.24, 2.45) is 17.8 Å². The Morgan fingerprint density at radius 1 is 0.923 bits per heavy atom. The minimum atomic E-state index is -0.266. The smallest absolute Gasteiger partial charge is 0.322 e. The van der Waals surface area contributed by atoms with Crippen molar-refractivity contribution in [2.45, 2.75) is 102 Å². The number of carbonyl (C=O) groups is 2. The highest BCUT2D eigenvalue weighted by molar-refractivity contribution is 5.96. The number of amides is 3. The number of nitrogens with one attached hydrogen (secondary N) is 2. The SMILES string of the molecule is C[C@H]([NH2+]C1CCCCCC1)C(=O)NC(=O)NC12CC3CC(CC(C3)C1)C2. The number of quaternary nitrogens is 1. The van der Waals surface area contributed by atoms with Gasteiger partial charge < -0.3 is 10.6 Å². The van der Waals surface area contributed by atoms with E-state index in [1.807, 2.05) is 6.92 Å². The van der Waals surface area contributed by atoms with Gasteiger partial charge in [-0.1, -0.05) is 12.8 Å². The van der Waals surface area contributed by atoms with Crippen LogP contribution in [0.15, 0.2) is 0 Å². The van der Waals surface area contributed by atoms with E-state index >= 15 is 0 Å². The van der Waals surface area contributed by atoms with E-state index in [1.165, 1.54) is 57.8 Å². The lowest BCUT2D eigenvalue weighted by Gasteiger charge is -2.56. The Hall–Kier alpha value is -1.10. The number of urea groups is 1. The summed E-state index contributed by atoms with van der Waals surface area (Å²) in [6.45, 7) is 1.93. The lowest BCUT2D eigenvalue weighted by atomic mass is 9.53. The zero-order valence-corrected chi connectivity index (χ0v) is 16.3. The Bertz CT molecular complexity index is 504. The summed E-state index contributed by atoms with van der Waals surface area (Å²) in [5.74, 6) is 2.23. The molecule has 26 heavy (non-hydrogen) atoms. The fraction of sp³-hybridized carbons (Fsp3) is 0.905. The molecular weight excluding hydrogens is 326 g/mol. The standard InChI is InChI=1S/C21H35N3O2/c1-14(22-18-6-4-2-3-5-7-18)19(25)23-20(26)24-21-11-15-8-16(12-21)10-17(9-15)13-21/h14-18,22H,2-13H2,1H3,(H2,23,24,25,26)/p+1/t14-,15?,16?,17?,21?/m0/s1. The van der Waals surface area contributed by atoms with Crippen molar-refractivity contribution < 1.29 is 14.9 Å².